The summed E-state index contributed by atoms with van der Waals surface area (Å²) >= 11 is 0. The first-order valence-corrected chi connectivity index (χ1v) is 6.27. The van der Waals surface area contributed by atoms with Gasteiger partial charge >= 0.3 is 0 Å². The number of terminal acetylenes is 1. The first kappa shape index (κ1) is 14.0. The molecule has 0 aliphatic carbocycles. The van der Waals surface area contributed by atoms with Crippen LogP contribution in [0.5, 0.6) is 0 Å². The van der Waals surface area contributed by atoms with Gasteiger partial charge in [0.05, 0.1) is 13.1 Å². The highest BCUT2D eigenvalue weighted by Crippen LogP contribution is 2.05. The van der Waals surface area contributed by atoms with E-state index in [1.807, 2.05) is 4.90 Å². The number of piperazine rings is 1. The largest absolute Gasteiger partial charge is 0.339 e. The quantitative estimate of drug-likeness (QED) is 0.540. The highest BCUT2D eigenvalue weighted by Gasteiger charge is 2.20. The fourth-order valence-electron chi connectivity index (χ4n) is 2.05. The minimum Gasteiger partial charge on any atom is -0.339 e. The van der Waals surface area contributed by atoms with Gasteiger partial charge in [0.2, 0.25) is 5.91 Å². The first-order chi connectivity index (χ1) is 8.13. The Kier molecular flexibility index (Phi) is 6.03. The molecule has 4 heteroatoms. The van der Waals surface area contributed by atoms with Crippen molar-refractivity contribution in [1.82, 2.24) is 15.1 Å². The number of rotatable bonds is 5. The van der Waals surface area contributed by atoms with Crippen LogP contribution in [0.3, 0.4) is 0 Å². The van der Waals surface area contributed by atoms with Gasteiger partial charge in [-0.25, -0.2) is 0 Å². The number of hydrogen-bond donors (Lipinski definition) is 1. The van der Waals surface area contributed by atoms with E-state index >= 15 is 0 Å². The lowest BCUT2D eigenvalue weighted by molar-refractivity contribution is -0.131. The highest BCUT2D eigenvalue weighted by molar-refractivity contribution is 5.78. The van der Waals surface area contributed by atoms with Crippen LogP contribution in [0.4, 0.5) is 0 Å². The van der Waals surface area contributed by atoms with Crippen LogP contribution in [0, 0.1) is 18.3 Å². The van der Waals surface area contributed by atoms with Crippen molar-refractivity contribution in [2.75, 3.05) is 45.8 Å². The van der Waals surface area contributed by atoms with Crippen molar-refractivity contribution >= 4 is 5.91 Å². The zero-order valence-electron chi connectivity index (χ0n) is 10.9. The Morgan fingerprint density at radius 3 is 2.53 bits per heavy atom. The van der Waals surface area contributed by atoms with Crippen LogP contribution in [0.25, 0.3) is 0 Å². The molecule has 96 valence electrons. The predicted octanol–water partition coefficient (Wildman–Crippen LogP) is 0.00940. The molecule has 1 rings (SSSR count). The van der Waals surface area contributed by atoms with Crippen LogP contribution in [0.1, 0.15) is 13.8 Å². The molecule has 17 heavy (non-hydrogen) atoms. The number of amides is 1. The Balaban J connectivity index is 2.22. The smallest absolute Gasteiger partial charge is 0.236 e. The van der Waals surface area contributed by atoms with Gasteiger partial charge < -0.3 is 4.90 Å². The van der Waals surface area contributed by atoms with E-state index in [0.717, 1.165) is 32.7 Å². The zero-order chi connectivity index (χ0) is 12.7. The van der Waals surface area contributed by atoms with Crippen molar-refractivity contribution in [2.24, 2.45) is 5.92 Å². The molecule has 0 saturated carbocycles. The maximum Gasteiger partial charge on any atom is 0.236 e. The molecule has 1 heterocycles. The summed E-state index contributed by atoms with van der Waals surface area (Å²) < 4.78 is 0. The van der Waals surface area contributed by atoms with Crippen molar-refractivity contribution in [3.8, 4) is 12.3 Å². The molecule has 1 N–H and O–H groups in total. The summed E-state index contributed by atoms with van der Waals surface area (Å²) in [6, 6.07) is 0. The molecule has 0 atom stereocenters. The molecule has 0 aromatic carbocycles. The second-order valence-electron chi connectivity index (χ2n) is 4.88. The lowest BCUT2D eigenvalue weighted by Crippen LogP contribution is -2.51. The molecule has 4 nitrogen and oxygen atoms in total. The molecule has 1 aliphatic heterocycles. The number of carbonyl (C=O) groups excluding carboxylic acids is 1. The van der Waals surface area contributed by atoms with Crippen LogP contribution in [0.2, 0.25) is 0 Å². The number of nitrogens with one attached hydrogen (secondary N) is 1. The summed E-state index contributed by atoms with van der Waals surface area (Å²) in [5.74, 6) is 3.31. The molecule has 0 aromatic rings. The maximum atomic E-state index is 11.8. The molecular formula is C13H23N3O. The van der Waals surface area contributed by atoms with Gasteiger partial charge in [-0.2, -0.15) is 0 Å². The third kappa shape index (κ3) is 5.20. The van der Waals surface area contributed by atoms with E-state index in [4.69, 9.17) is 6.42 Å². The lowest BCUT2D eigenvalue weighted by atomic mass is 10.2. The second-order valence-corrected chi connectivity index (χ2v) is 4.88. The Morgan fingerprint density at radius 2 is 2.00 bits per heavy atom. The molecule has 1 amide bonds. The van der Waals surface area contributed by atoms with Crippen LogP contribution >= 0.6 is 0 Å². The summed E-state index contributed by atoms with van der Waals surface area (Å²) in [5, 5.41) is 2.93. The van der Waals surface area contributed by atoms with E-state index in [1.165, 1.54) is 0 Å². The van der Waals surface area contributed by atoms with Gasteiger partial charge in [-0.05, 0) is 5.92 Å². The molecule has 0 spiro atoms. The average Bonchev–Trinajstić information content (AvgIpc) is 2.29. The van der Waals surface area contributed by atoms with Gasteiger partial charge in [-0.1, -0.05) is 19.8 Å². The minimum absolute atomic E-state index is 0.157. The predicted molar refractivity (Wildman–Crippen MR) is 69.6 cm³/mol. The zero-order valence-corrected chi connectivity index (χ0v) is 10.9. The van der Waals surface area contributed by atoms with Crippen LogP contribution in [-0.4, -0.2) is 61.5 Å². The highest BCUT2D eigenvalue weighted by atomic mass is 16.2. The molecule has 1 saturated heterocycles. The second kappa shape index (κ2) is 7.31. The number of hydrogen-bond acceptors (Lipinski definition) is 3. The molecule has 1 aliphatic rings. The van der Waals surface area contributed by atoms with Gasteiger partial charge in [-0.3, -0.25) is 15.0 Å². The van der Waals surface area contributed by atoms with Crippen LogP contribution in [-0.2, 0) is 4.79 Å². The normalized spacial score (nSPS) is 17.2. The Hall–Kier alpha value is -1.05. The fourth-order valence-corrected chi connectivity index (χ4v) is 2.05. The average molecular weight is 237 g/mol. The first-order valence-electron chi connectivity index (χ1n) is 6.27. The molecule has 0 unspecified atom stereocenters. The van der Waals surface area contributed by atoms with E-state index in [2.05, 4.69) is 30.0 Å². The fraction of sp³-hybridized carbons (Fsp3) is 0.769. The van der Waals surface area contributed by atoms with Gasteiger partial charge in [0.25, 0.3) is 0 Å². The summed E-state index contributed by atoms with van der Waals surface area (Å²) in [6.45, 7) is 10.0. The Bertz CT molecular complexity index is 275. The Labute approximate surface area is 104 Å². The van der Waals surface area contributed by atoms with Crippen molar-refractivity contribution in [3.05, 3.63) is 0 Å². The molecule has 1 fully saturated rings. The van der Waals surface area contributed by atoms with Crippen molar-refractivity contribution in [2.45, 2.75) is 13.8 Å². The molecule has 0 radical (unpaired) electrons. The van der Waals surface area contributed by atoms with E-state index < -0.39 is 0 Å². The lowest BCUT2D eigenvalue weighted by Gasteiger charge is -2.35. The maximum absolute atomic E-state index is 11.8. The number of carbonyl (C=O) groups is 1. The summed E-state index contributed by atoms with van der Waals surface area (Å²) in [4.78, 5) is 16.1. The number of nitrogens with zero attached hydrogens (tertiary/aromatic N) is 2. The van der Waals surface area contributed by atoms with E-state index in [0.29, 0.717) is 19.0 Å². The minimum atomic E-state index is 0.157. The van der Waals surface area contributed by atoms with Crippen LogP contribution < -0.4 is 5.32 Å². The van der Waals surface area contributed by atoms with Gasteiger partial charge in [0, 0.05) is 32.7 Å². The van der Waals surface area contributed by atoms with Gasteiger partial charge in [0.1, 0.15) is 0 Å². The molecular weight excluding hydrogens is 214 g/mol. The van der Waals surface area contributed by atoms with Gasteiger partial charge in [0.15, 0.2) is 0 Å². The summed E-state index contributed by atoms with van der Waals surface area (Å²) in [6.07, 6.45) is 5.11. The molecule has 0 bridgehead atoms. The van der Waals surface area contributed by atoms with Crippen molar-refractivity contribution in [3.63, 3.8) is 0 Å². The molecule has 0 aromatic heterocycles. The third-order valence-corrected chi connectivity index (χ3v) is 2.85. The Morgan fingerprint density at radius 1 is 1.35 bits per heavy atom. The third-order valence-electron chi connectivity index (χ3n) is 2.85. The topological polar surface area (TPSA) is 35.6 Å². The summed E-state index contributed by atoms with van der Waals surface area (Å²) in [5.41, 5.74) is 0. The van der Waals surface area contributed by atoms with Gasteiger partial charge in [-0.15, -0.1) is 6.42 Å². The monoisotopic (exact) mass is 237 g/mol. The van der Waals surface area contributed by atoms with Crippen molar-refractivity contribution in [1.29, 1.82) is 0 Å². The van der Waals surface area contributed by atoms with Crippen LogP contribution in [0.15, 0.2) is 0 Å². The van der Waals surface area contributed by atoms with E-state index in [-0.39, 0.29) is 5.91 Å². The standard InChI is InChI=1S/C13H23N3O/c1-4-5-14-10-13(17)16-8-6-15(7-9-16)11-12(2)3/h1,12,14H,5-11H2,2-3H3. The van der Waals surface area contributed by atoms with E-state index in [9.17, 15) is 4.79 Å². The van der Waals surface area contributed by atoms with E-state index in [1.54, 1.807) is 0 Å². The summed E-state index contributed by atoms with van der Waals surface area (Å²) in [7, 11) is 0. The van der Waals surface area contributed by atoms with Crippen molar-refractivity contribution < 1.29 is 4.79 Å². The SMILES string of the molecule is C#CCNCC(=O)N1CCN(CC(C)C)CC1.